The normalized spacial score (nSPS) is 24.2. The predicted molar refractivity (Wildman–Crippen MR) is 150 cm³/mol. The first kappa shape index (κ1) is 25.3. The van der Waals surface area contributed by atoms with Crippen molar-refractivity contribution in [2.24, 2.45) is 11.8 Å². The van der Waals surface area contributed by atoms with Crippen molar-refractivity contribution < 1.29 is 28.7 Å². The fourth-order valence-corrected chi connectivity index (χ4v) is 6.29. The van der Waals surface area contributed by atoms with Crippen molar-refractivity contribution in [3.63, 3.8) is 0 Å². The van der Waals surface area contributed by atoms with Crippen molar-refractivity contribution in [1.29, 1.82) is 0 Å². The fraction of sp³-hybridized carbons (Fsp3) is 0.188. The van der Waals surface area contributed by atoms with Crippen LogP contribution in [0.15, 0.2) is 96.7 Å². The van der Waals surface area contributed by atoms with Gasteiger partial charge in [0.15, 0.2) is 23.1 Å². The summed E-state index contributed by atoms with van der Waals surface area (Å²) >= 11 is 6.05. The molecule has 9 heteroatoms. The number of rotatable bonds is 5. The number of hydrogen-bond acceptors (Lipinski definition) is 7. The molecule has 0 radical (unpaired) electrons. The number of Topliss-reactive ketones (excluding diaryl/α,β-unsaturated/α-hetero) is 2. The smallest absolute Gasteiger partial charge is 0.240 e. The summed E-state index contributed by atoms with van der Waals surface area (Å²) < 4.78 is 11.3. The molecule has 3 aromatic rings. The van der Waals surface area contributed by atoms with Gasteiger partial charge in [-0.3, -0.25) is 19.2 Å². The molecule has 4 aliphatic heterocycles. The molecule has 41 heavy (non-hydrogen) atoms. The van der Waals surface area contributed by atoms with Crippen molar-refractivity contribution in [3.05, 3.63) is 113 Å². The van der Waals surface area contributed by atoms with E-state index in [9.17, 15) is 19.2 Å². The first-order valence-electron chi connectivity index (χ1n) is 13.3. The number of nitrogens with zero attached hydrogens (tertiary/aromatic N) is 2. The molecule has 2 amide bonds. The van der Waals surface area contributed by atoms with Gasteiger partial charge in [0.1, 0.15) is 19.3 Å². The Bertz CT molecular complexity index is 1670. The van der Waals surface area contributed by atoms with Crippen LogP contribution in [-0.4, -0.2) is 53.6 Å². The molecule has 8 nitrogen and oxygen atoms in total. The summed E-state index contributed by atoms with van der Waals surface area (Å²) in [6, 6.07) is 18.6. The average molecular weight is 567 g/mol. The number of allylic oxidation sites excluding steroid dienone is 2. The van der Waals surface area contributed by atoms with E-state index in [1.807, 2.05) is 6.07 Å². The molecule has 4 heterocycles. The molecule has 2 fully saturated rings. The Morgan fingerprint density at radius 2 is 1.51 bits per heavy atom. The molecule has 0 bridgehead atoms. The summed E-state index contributed by atoms with van der Waals surface area (Å²) in [6.07, 6.45) is 5.01. The molecule has 3 aromatic carbocycles. The van der Waals surface area contributed by atoms with Gasteiger partial charge in [0.2, 0.25) is 11.8 Å². The predicted octanol–water partition coefficient (Wildman–Crippen LogP) is 4.49. The van der Waals surface area contributed by atoms with E-state index in [1.165, 1.54) is 0 Å². The number of carbonyl (C=O) groups excluding carboxylic acids is 4. The number of benzene rings is 3. The topological polar surface area (TPSA) is 93.2 Å². The van der Waals surface area contributed by atoms with Crippen LogP contribution in [0.2, 0.25) is 5.02 Å². The number of hydrogen-bond donors (Lipinski definition) is 0. The van der Waals surface area contributed by atoms with Gasteiger partial charge in [-0.05, 0) is 42.5 Å². The Kier molecular flexibility index (Phi) is 6.01. The van der Waals surface area contributed by atoms with E-state index in [0.717, 1.165) is 4.90 Å². The van der Waals surface area contributed by atoms with Crippen molar-refractivity contribution in [2.75, 3.05) is 18.1 Å². The van der Waals surface area contributed by atoms with Gasteiger partial charge in [0.05, 0.1) is 23.6 Å². The standard InChI is InChI=1S/C32H23ClN2O6/c33-21-8-6-19(7-9-21)30(37)28-27-26(23-16-20(12-13-34(23)28)29(36)18-4-2-1-3-5-18)31(38)35(32(27)39)22-10-11-24-25(17-22)41-15-14-40-24/h1-13,16-17,23,26-28H,14-15H2/t23-,26+,27-,28+/m1/s1. The maximum Gasteiger partial charge on any atom is 0.240 e. The van der Waals surface area contributed by atoms with Crippen molar-refractivity contribution in [3.8, 4) is 11.5 Å². The molecular formula is C32H23ClN2O6. The summed E-state index contributed by atoms with van der Waals surface area (Å²) in [5.41, 5.74) is 1.62. The van der Waals surface area contributed by atoms with E-state index in [2.05, 4.69) is 0 Å². The van der Waals surface area contributed by atoms with Crippen LogP contribution >= 0.6 is 11.6 Å². The highest BCUT2D eigenvalue weighted by Gasteiger charge is 2.63. The number of fused-ring (bicyclic) bond motifs is 4. The zero-order valence-corrected chi connectivity index (χ0v) is 22.4. The second-order valence-corrected chi connectivity index (χ2v) is 10.7. The molecule has 0 N–H and O–H groups in total. The van der Waals surface area contributed by atoms with Crippen LogP contribution < -0.4 is 14.4 Å². The zero-order valence-electron chi connectivity index (χ0n) is 21.6. The maximum absolute atomic E-state index is 14.1. The summed E-state index contributed by atoms with van der Waals surface area (Å²) in [6.45, 7) is 0.765. The Labute approximate surface area is 240 Å². The number of imide groups is 1. The lowest BCUT2D eigenvalue weighted by atomic mass is 9.85. The third kappa shape index (κ3) is 4.05. The highest BCUT2D eigenvalue weighted by molar-refractivity contribution is 6.30. The average Bonchev–Trinajstić information content (AvgIpc) is 3.48. The minimum absolute atomic E-state index is 0.203. The molecule has 0 aliphatic carbocycles. The number of anilines is 1. The van der Waals surface area contributed by atoms with Crippen LogP contribution in [0, 0.1) is 11.8 Å². The molecule has 7 rings (SSSR count). The van der Waals surface area contributed by atoms with Crippen molar-refractivity contribution in [1.82, 2.24) is 4.90 Å². The molecule has 0 spiro atoms. The van der Waals surface area contributed by atoms with Gasteiger partial charge >= 0.3 is 0 Å². The van der Waals surface area contributed by atoms with Gasteiger partial charge < -0.3 is 14.4 Å². The second-order valence-electron chi connectivity index (χ2n) is 10.3. The SMILES string of the molecule is O=C(C1=C[C@@H]2[C@@H]3C(=O)N(c4ccc5c(c4)OCCO5)C(=O)[C@H]3[C@@H](C(=O)c3ccc(Cl)cc3)N2C=C1)c1ccccc1. The van der Waals surface area contributed by atoms with E-state index in [4.69, 9.17) is 21.1 Å². The summed E-state index contributed by atoms with van der Waals surface area (Å²) in [5.74, 6) is -2.28. The second kappa shape index (κ2) is 9.74. The maximum atomic E-state index is 14.1. The summed E-state index contributed by atoms with van der Waals surface area (Å²) in [7, 11) is 0. The van der Waals surface area contributed by atoms with Crippen LogP contribution in [-0.2, 0) is 9.59 Å². The number of carbonyl (C=O) groups is 4. The van der Waals surface area contributed by atoms with Gasteiger partial charge in [-0.2, -0.15) is 0 Å². The quantitative estimate of drug-likeness (QED) is 0.332. The van der Waals surface area contributed by atoms with Crippen molar-refractivity contribution in [2.45, 2.75) is 12.1 Å². The molecule has 4 aliphatic rings. The number of amides is 2. The molecule has 0 aromatic heterocycles. The van der Waals surface area contributed by atoms with Gasteiger partial charge in [-0.25, -0.2) is 4.90 Å². The molecular weight excluding hydrogens is 544 g/mol. The monoisotopic (exact) mass is 566 g/mol. The molecule has 2 saturated heterocycles. The minimum Gasteiger partial charge on any atom is -0.486 e. The van der Waals surface area contributed by atoms with Crippen LogP contribution in [0.4, 0.5) is 5.69 Å². The Morgan fingerprint density at radius 3 is 2.27 bits per heavy atom. The van der Waals surface area contributed by atoms with Gasteiger partial charge in [-0.15, -0.1) is 0 Å². The first-order valence-corrected chi connectivity index (χ1v) is 13.6. The number of halogens is 1. The van der Waals surface area contributed by atoms with Crippen LogP contribution in [0.3, 0.4) is 0 Å². The van der Waals surface area contributed by atoms with Crippen LogP contribution in [0.1, 0.15) is 20.7 Å². The van der Waals surface area contributed by atoms with E-state index < -0.39 is 35.7 Å². The Morgan fingerprint density at radius 1 is 0.805 bits per heavy atom. The van der Waals surface area contributed by atoms with E-state index >= 15 is 0 Å². The molecule has 204 valence electrons. The van der Waals surface area contributed by atoms with E-state index in [0.29, 0.717) is 52.1 Å². The third-order valence-electron chi connectivity index (χ3n) is 8.03. The van der Waals surface area contributed by atoms with Gasteiger partial charge in [0.25, 0.3) is 0 Å². The molecule has 0 saturated carbocycles. The lowest BCUT2D eigenvalue weighted by Gasteiger charge is -2.33. The first-order chi connectivity index (χ1) is 19.9. The summed E-state index contributed by atoms with van der Waals surface area (Å²) in [4.78, 5) is 58.3. The van der Waals surface area contributed by atoms with E-state index in [1.54, 1.807) is 90.0 Å². The highest BCUT2D eigenvalue weighted by atomic mass is 35.5. The van der Waals surface area contributed by atoms with Gasteiger partial charge in [-0.1, -0.05) is 48.0 Å². The Hall–Kier alpha value is -4.69. The van der Waals surface area contributed by atoms with Crippen LogP contribution in [0.5, 0.6) is 11.5 Å². The molecule has 0 unspecified atom stereocenters. The lowest BCUT2D eigenvalue weighted by molar-refractivity contribution is -0.123. The van der Waals surface area contributed by atoms with E-state index in [-0.39, 0.29) is 11.6 Å². The largest absolute Gasteiger partial charge is 0.486 e. The lowest BCUT2D eigenvalue weighted by Crippen LogP contribution is -2.46. The minimum atomic E-state index is -0.962. The highest BCUT2D eigenvalue weighted by Crippen LogP contribution is 2.48. The van der Waals surface area contributed by atoms with Crippen molar-refractivity contribution >= 4 is 40.7 Å². The molecule has 4 atom stereocenters. The third-order valence-corrected chi connectivity index (χ3v) is 8.28. The Balaban J connectivity index is 1.30. The number of ketones is 2. The fourth-order valence-electron chi connectivity index (χ4n) is 6.16. The zero-order chi connectivity index (χ0) is 28.2. The summed E-state index contributed by atoms with van der Waals surface area (Å²) in [5, 5.41) is 0.477. The number of ether oxygens (including phenoxy) is 2. The van der Waals surface area contributed by atoms with Crippen LogP contribution in [0.25, 0.3) is 0 Å². The van der Waals surface area contributed by atoms with Gasteiger partial charge in [0, 0.05) is 34.0 Å².